The van der Waals surface area contributed by atoms with E-state index in [0.29, 0.717) is 11.2 Å². The Morgan fingerprint density at radius 3 is 2.26 bits per heavy atom. The van der Waals surface area contributed by atoms with Crippen LogP contribution < -0.4 is 15.6 Å². The van der Waals surface area contributed by atoms with Crippen LogP contribution in [-0.4, -0.2) is 16.6 Å². The van der Waals surface area contributed by atoms with Gasteiger partial charge < -0.3 is 4.74 Å². The Labute approximate surface area is 179 Å². The highest BCUT2D eigenvalue weighted by atomic mass is 16.6. The minimum absolute atomic E-state index is 0.0679. The summed E-state index contributed by atoms with van der Waals surface area (Å²) in [5.74, 6) is 0.161. The van der Waals surface area contributed by atoms with E-state index in [1.807, 2.05) is 84.9 Å². The largest absolute Gasteiger partial charge is 0.443 e. The van der Waals surface area contributed by atoms with Crippen LogP contribution in [-0.2, 0) is 11.3 Å². The topological polar surface area (TPSA) is 94.8 Å². The van der Waals surface area contributed by atoms with E-state index >= 15 is 0 Å². The van der Waals surface area contributed by atoms with Crippen molar-refractivity contribution in [2.75, 3.05) is 5.43 Å². The first-order valence-corrected chi connectivity index (χ1v) is 9.79. The summed E-state index contributed by atoms with van der Waals surface area (Å²) in [4.78, 5) is 12.6. The van der Waals surface area contributed by atoms with Crippen molar-refractivity contribution in [3.63, 3.8) is 0 Å². The number of ether oxygens (including phenoxy) is 1. The molecular weight excluding hydrogens is 390 g/mol. The highest BCUT2D eigenvalue weighted by Crippen LogP contribution is 2.25. The SMILES string of the molecule is CC(=N)[n+]1c(=N)n(NC(=O)OCc2ccccc2)c(-c2ccccc2)c2ccccc21. The molecule has 0 saturated carbocycles. The maximum atomic E-state index is 12.6. The molecule has 7 heteroatoms. The molecule has 154 valence electrons. The van der Waals surface area contributed by atoms with Crippen molar-refractivity contribution in [3.8, 4) is 11.3 Å². The Balaban J connectivity index is 1.83. The monoisotopic (exact) mass is 412 g/mol. The number of benzene rings is 3. The quantitative estimate of drug-likeness (QED) is 0.270. The molecule has 0 spiro atoms. The zero-order chi connectivity index (χ0) is 21.8. The van der Waals surface area contributed by atoms with Gasteiger partial charge in [-0.15, -0.1) is 4.68 Å². The predicted molar refractivity (Wildman–Crippen MR) is 118 cm³/mol. The number of para-hydroxylation sites is 1. The smallest absolute Gasteiger partial charge is 0.435 e. The maximum absolute atomic E-state index is 12.6. The molecule has 0 aliphatic carbocycles. The summed E-state index contributed by atoms with van der Waals surface area (Å²) >= 11 is 0. The van der Waals surface area contributed by atoms with Crippen LogP contribution in [0.2, 0.25) is 0 Å². The lowest BCUT2D eigenvalue weighted by molar-refractivity contribution is -0.555. The van der Waals surface area contributed by atoms with Crippen LogP contribution in [0.3, 0.4) is 0 Å². The number of carbonyl (C=O) groups excluding carboxylic acids is 1. The molecule has 0 bridgehead atoms. The van der Waals surface area contributed by atoms with Crippen LogP contribution in [0, 0.1) is 10.8 Å². The Kier molecular flexibility index (Phi) is 5.57. The summed E-state index contributed by atoms with van der Waals surface area (Å²) in [6, 6.07) is 26.4. The average Bonchev–Trinajstić information content (AvgIpc) is 2.79. The number of fused-ring (bicyclic) bond motifs is 1. The van der Waals surface area contributed by atoms with Gasteiger partial charge in [-0.1, -0.05) is 72.8 Å². The van der Waals surface area contributed by atoms with Gasteiger partial charge >= 0.3 is 11.7 Å². The summed E-state index contributed by atoms with van der Waals surface area (Å²) in [7, 11) is 0. The lowest BCUT2D eigenvalue weighted by atomic mass is 10.1. The zero-order valence-corrected chi connectivity index (χ0v) is 17.0. The third-order valence-corrected chi connectivity index (χ3v) is 4.85. The molecule has 1 aromatic heterocycles. The van der Waals surface area contributed by atoms with Crippen LogP contribution in [0.15, 0.2) is 84.9 Å². The van der Waals surface area contributed by atoms with Crippen LogP contribution in [0.5, 0.6) is 0 Å². The van der Waals surface area contributed by atoms with E-state index in [1.165, 1.54) is 9.24 Å². The van der Waals surface area contributed by atoms with Gasteiger partial charge in [0.05, 0.1) is 0 Å². The number of hydrogen-bond acceptors (Lipinski definition) is 4. The lowest BCUT2D eigenvalue weighted by Gasteiger charge is -2.16. The summed E-state index contributed by atoms with van der Waals surface area (Å²) in [5, 5.41) is 17.7. The van der Waals surface area contributed by atoms with Crippen molar-refractivity contribution < 1.29 is 14.1 Å². The molecule has 0 saturated heterocycles. The number of carbonyl (C=O) groups is 1. The molecule has 0 aliphatic heterocycles. The predicted octanol–water partition coefficient (Wildman–Crippen LogP) is 3.80. The second-order valence-corrected chi connectivity index (χ2v) is 6.99. The summed E-state index contributed by atoms with van der Waals surface area (Å²) in [6.45, 7) is 1.71. The van der Waals surface area contributed by atoms with E-state index in [9.17, 15) is 4.79 Å². The number of amides is 1. The molecule has 7 nitrogen and oxygen atoms in total. The minimum atomic E-state index is -0.691. The molecule has 3 aromatic carbocycles. The second-order valence-electron chi connectivity index (χ2n) is 6.99. The Morgan fingerprint density at radius 1 is 0.968 bits per heavy atom. The first-order valence-electron chi connectivity index (χ1n) is 9.79. The van der Waals surface area contributed by atoms with E-state index in [1.54, 1.807) is 6.92 Å². The molecule has 0 radical (unpaired) electrons. The van der Waals surface area contributed by atoms with Crippen molar-refractivity contribution in [2.45, 2.75) is 13.5 Å². The zero-order valence-electron chi connectivity index (χ0n) is 17.0. The van der Waals surface area contributed by atoms with Crippen LogP contribution >= 0.6 is 0 Å². The van der Waals surface area contributed by atoms with Gasteiger partial charge in [-0.2, -0.15) is 20.8 Å². The van der Waals surface area contributed by atoms with Crippen molar-refractivity contribution in [1.82, 2.24) is 4.68 Å². The first kappa shape index (κ1) is 20.0. The molecule has 1 heterocycles. The van der Waals surface area contributed by atoms with Crippen LogP contribution in [0.25, 0.3) is 22.2 Å². The van der Waals surface area contributed by atoms with Gasteiger partial charge in [0.25, 0.3) is 0 Å². The number of nitrogens with zero attached hydrogens (tertiary/aromatic N) is 2. The number of hydrogen-bond donors (Lipinski definition) is 3. The Hall–Kier alpha value is -4.26. The normalized spacial score (nSPS) is 10.6. The maximum Gasteiger partial charge on any atom is 0.435 e. The molecule has 0 unspecified atom stereocenters. The molecule has 1 amide bonds. The van der Waals surface area contributed by atoms with Crippen molar-refractivity contribution in [2.24, 2.45) is 0 Å². The Morgan fingerprint density at radius 2 is 1.58 bits per heavy atom. The molecule has 0 fully saturated rings. The van der Waals surface area contributed by atoms with Gasteiger partial charge in [-0.3, -0.25) is 0 Å². The third kappa shape index (κ3) is 4.06. The fraction of sp³-hybridized carbons (Fsp3) is 0.0833. The second kappa shape index (κ2) is 8.62. The van der Waals surface area contributed by atoms with Gasteiger partial charge in [-0.05, 0) is 17.7 Å². The van der Waals surface area contributed by atoms with E-state index in [4.69, 9.17) is 15.6 Å². The average molecular weight is 412 g/mol. The van der Waals surface area contributed by atoms with Crippen molar-refractivity contribution >= 4 is 22.8 Å². The number of rotatable bonds is 4. The molecule has 3 N–H and O–H groups in total. The standard InChI is InChI=1S/C24H21N5O2/c1-17(25)28-21-15-9-8-14-20(21)22(19-12-6-3-7-13-19)29(23(28)26)27-24(30)31-16-18-10-4-2-5-11-18/h2-15,25-26H,16H2,1H3/p+1. The summed E-state index contributed by atoms with van der Waals surface area (Å²) in [5.41, 5.74) is 5.64. The molecule has 0 atom stereocenters. The fourth-order valence-corrected chi connectivity index (χ4v) is 3.49. The molecular formula is C24H22N5O2+. The molecule has 31 heavy (non-hydrogen) atoms. The van der Waals surface area contributed by atoms with Gasteiger partial charge in [0.15, 0.2) is 0 Å². The van der Waals surface area contributed by atoms with E-state index in [0.717, 1.165) is 16.5 Å². The van der Waals surface area contributed by atoms with E-state index < -0.39 is 6.09 Å². The number of aromatic nitrogens is 2. The summed E-state index contributed by atoms with van der Waals surface area (Å²) < 4.78 is 8.21. The highest BCUT2D eigenvalue weighted by molar-refractivity contribution is 5.93. The number of nitrogens with one attached hydrogen (secondary N) is 3. The third-order valence-electron chi connectivity index (χ3n) is 4.85. The summed E-state index contributed by atoms with van der Waals surface area (Å²) in [6.07, 6.45) is -0.691. The van der Waals surface area contributed by atoms with Gasteiger partial charge in [0.2, 0.25) is 5.84 Å². The highest BCUT2D eigenvalue weighted by Gasteiger charge is 2.22. The Bertz CT molecular complexity index is 1310. The van der Waals surface area contributed by atoms with Crippen molar-refractivity contribution in [1.29, 1.82) is 10.8 Å². The molecule has 0 aliphatic rings. The van der Waals surface area contributed by atoms with Crippen LogP contribution in [0.4, 0.5) is 4.79 Å². The van der Waals surface area contributed by atoms with Gasteiger partial charge in [-0.25, -0.2) is 4.79 Å². The van der Waals surface area contributed by atoms with Gasteiger partial charge in [0, 0.05) is 17.9 Å². The fourth-order valence-electron chi connectivity index (χ4n) is 3.49. The van der Waals surface area contributed by atoms with Gasteiger partial charge in [0.1, 0.15) is 17.8 Å². The molecule has 4 aromatic rings. The minimum Gasteiger partial charge on any atom is -0.443 e. The van der Waals surface area contributed by atoms with E-state index in [-0.39, 0.29) is 18.1 Å². The first-order chi connectivity index (χ1) is 15.1. The molecule has 4 rings (SSSR count). The lowest BCUT2D eigenvalue weighted by Crippen LogP contribution is -2.61. The van der Waals surface area contributed by atoms with E-state index in [2.05, 4.69) is 5.43 Å². The van der Waals surface area contributed by atoms with Crippen molar-refractivity contribution in [3.05, 3.63) is 96.1 Å². The van der Waals surface area contributed by atoms with Crippen LogP contribution in [0.1, 0.15) is 12.5 Å².